The minimum absolute atomic E-state index is 0.223. The molecular formula is C66H74N4O6. The van der Waals surface area contributed by atoms with Crippen molar-refractivity contribution in [3.05, 3.63) is 204 Å². The number of nitrogens with zero attached hydrogens (tertiary/aromatic N) is 4. The smallest absolute Gasteiger partial charge is 0.226 e. The lowest BCUT2D eigenvalue weighted by Crippen LogP contribution is -2.25. The van der Waals surface area contributed by atoms with Gasteiger partial charge in [0.25, 0.3) is 0 Å². The summed E-state index contributed by atoms with van der Waals surface area (Å²) in [7, 11) is 0. The molecule has 0 bridgehead atoms. The second-order valence-corrected chi connectivity index (χ2v) is 21.4. The predicted octanol–water partition coefficient (Wildman–Crippen LogP) is 17.8. The molecule has 2 N–H and O–H groups in total. The number of hydrogen-bond donors (Lipinski definition) is 2. The maximum atomic E-state index is 9.98. The van der Waals surface area contributed by atoms with Crippen molar-refractivity contribution in [2.45, 2.75) is 129 Å². The highest BCUT2D eigenvalue weighted by molar-refractivity contribution is 5.46. The summed E-state index contributed by atoms with van der Waals surface area (Å²) in [6.07, 6.45) is 14.6. The molecular weight excluding hydrogens is 945 g/mol. The Labute approximate surface area is 450 Å². The Hall–Kier alpha value is -7.72. The molecule has 10 nitrogen and oxygen atoms in total. The number of phenolic OH excluding ortho intramolecular Hbond substituents is 2. The van der Waals surface area contributed by atoms with Gasteiger partial charge in [-0.05, 0) is 137 Å². The van der Waals surface area contributed by atoms with Gasteiger partial charge in [-0.3, -0.25) is 0 Å². The summed E-state index contributed by atoms with van der Waals surface area (Å²) >= 11 is 0. The lowest BCUT2D eigenvalue weighted by molar-refractivity contribution is 0.421. The standard InChI is InChI=1S/C66H74N4O6/c1-8-9-10-11-12-13-14-15-60(48-16-28-54(71)29-17-48)49-18-32-56(33-19-49)73-61-40-62(68-44-67-61)74-58-36-24-52(25-37-58)66(7,43-47(4)5)53-26-38-59(39-27-53)76-64-41-63(69-45-70-64)75-57-34-22-51(23-35-57)65(6,42-46(2)3)50-20-30-55(72)31-21-50/h16-41,44-47,60,71-72H,8-15,42-43H2,1-7H3. The summed E-state index contributed by atoms with van der Waals surface area (Å²) in [5, 5.41) is 19.9. The molecule has 2 heterocycles. The van der Waals surface area contributed by atoms with Crippen LogP contribution in [0.4, 0.5) is 0 Å². The fraction of sp³-hybridized carbons (Fsp3) is 0.333. The second-order valence-electron chi connectivity index (χ2n) is 21.4. The number of rotatable bonds is 26. The van der Waals surface area contributed by atoms with Gasteiger partial charge in [0, 0.05) is 16.7 Å². The first-order chi connectivity index (χ1) is 36.8. The van der Waals surface area contributed by atoms with E-state index in [-0.39, 0.29) is 28.2 Å². The van der Waals surface area contributed by atoms with Crippen LogP contribution >= 0.6 is 0 Å². The first-order valence-corrected chi connectivity index (χ1v) is 27.1. The van der Waals surface area contributed by atoms with Gasteiger partial charge in [0.15, 0.2) is 0 Å². The molecule has 2 aromatic heterocycles. The summed E-state index contributed by atoms with van der Waals surface area (Å²) in [5.41, 5.74) is 6.47. The monoisotopic (exact) mass is 1020 g/mol. The number of unbranched alkanes of at least 4 members (excludes halogenated alkanes) is 6. The molecule has 8 aromatic rings. The van der Waals surface area contributed by atoms with E-state index in [0.29, 0.717) is 58.4 Å². The molecule has 0 aliphatic heterocycles. The van der Waals surface area contributed by atoms with Gasteiger partial charge in [0.1, 0.15) is 47.2 Å². The fourth-order valence-electron chi connectivity index (χ4n) is 10.6. The number of hydrogen-bond acceptors (Lipinski definition) is 10. The summed E-state index contributed by atoms with van der Waals surface area (Å²) in [5.74, 6) is 5.75. The molecule has 0 amide bonds. The number of ether oxygens (including phenoxy) is 4. The van der Waals surface area contributed by atoms with Crippen molar-refractivity contribution < 1.29 is 29.2 Å². The molecule has 6 aromatic carbocycles. The molecule has 0 aliphatic rings. The van der Waals surface area contributed by atoms with Crippen LogP contribution in [0.3, 0.4) is 0 Å². The largest absolute Gasteiger partial charge is 0.508 e. The van der Waals surface area contributed by atoms with Crippen LogP contribution in [0, 0.1) is 11.8 Å². The molecule has 0 spiro atoms. The van der Waals surface area contributed by atoms with E-state index in [1.807, 2.05) is 72.8 Å². The van der Waals surface area contributed by atoms with Crippen LogP contribution in [0.1, 0.15) is 152 Å². The van der Waals surface area contributed by atoms with Crippen molar-refractivity contribution in [1.29, 1.82) is 0 Å². The Kier molecular flexibility index (Phi) is 18.4. The molecule has 0 aliphatic carbocycles. The Balaban J connectivity index is 0.884. The number of aromatic nitrogens is 4. The quantitative estimate of drug-likeness (QED) is 0.0506. The van der Waals surface area contributed by atoms with Gasteiger partial charge in [-0.1, -0.05) is 166 Å². The van der Waals surface area contributed by atoms with Gasteiger partial charge in [0.2, 0.25) is 23.5 Å². The number of benzene rings is 6. The molecule has 3 atom stereocenters. The fourth-order valence-corrected chi connectivity index (χ4v) is 10.6. The van der Waals surface area contributed by atoms with Gasteiger partial charge < -0.3 is 29.2 Å². The van der Waals surface area contributed by atoms with Crippen LogP contribution in [0.5, 0.6) is 58.0 Å². The first-order valence-electron chi connectivity index (χ1n) is 27.1. The third-order valence-electron chi connectivity index (χ3n) is 14.4. The van der Waals surface area contributed by atoms with E-state index in [9.17, 15) is 10.2 Å². The average Bonchev–Trinajstić information content (AvgIpc) is 3.41. The molecule has 3 unspecified atom stereocenters. The predicted molar refractivity (Wildman–Crippen MR) is 303 cm³/mol. The molecule has 0 saturated carbocycles. The molecule has 8 rings (SSSR count). The van der Waals surface area contributed by atoms with E-state index in [0.717, 1.165) is 47.9 Å². The zero-order valence-electron chi connectivity index (χ0n) is 45.3. The zero-order valence-corrected chi connectivity index (χ0v) is 45.3. The Morgan fingerprint density at radius 3 is 1.03 bits per heavy atom. The topological polar surface area (TPSA) is 129 Å². The van der Waals surface area contributed by atoms with Crippen molar-refractivity contribution in [2.24, 2.45) is 11.8 Å². The average molecular weight is 1020 g/mol. The highest BCUT2D eigenvalue weighted by Crippen LogP contribution is 2.42. The van der Waals surface area contributed by atoms with Gasteiger partial charge in [0.05, 0.1) is 12.1 Å². The van der Waals surface area contributed by atoms with Crippen molar-refractivity contribution >= 4 is 0 Å². The Morgan fingerprint density at radius 2 is 0.684 bits per heavy atom. The van der Waals surface area contributed by atoms with Crippen LogP contribution in [0.25, 0.3) is 0 Å². The van der Waals surface area contributed by atoms with E-state index in [4.69, 9.17) is 18.9 Å². The van der Waals surface area contributed by atoms with Crippen LogP contribution in [-0.4, -0.2) is 30.1 Å². The number of phenols is 2. The van der Waals surface area contributed by atoms with Gasteiger partial charge in [-0.25, -0.2) is 19.9 Å². The summed E-state index contributed by atoms with van der Waals surface area (Å²) in [6, 6.07) is 51.2. The minimum Gasteiger partial charge on any atom is -0.508 e. The molecule has 76 heavy (non-hydrogen) atoms. The van der Waals surface area contributed by atoms with E-state index in [1.165, 1.54) is 62.3 Å². The summed E-state index contributed by atoms with van der Waals surface area (Å²) in [6.45, 7) is 15.7. The highest BCUT2D eigenvalue weighted by atomic mass is 16.5. The third kappa shape index (κ3) is 14.6. The SMILES string of the molecule is CCCCCCCCCC(c1ccc(O)cc1)c1ccc(Oc2cc(Oc3ccc(C(C)(CC(C)C)c4ccc(Oc5cc(Oc6ccc(C(C)(CC(C)C)c7ccc(O)cc7)cc6)ncn5)cc4)cc3)ncn2)cc1. The zero-order chi connectivity index (χ0) is 53.5. The normalized spacial score (nSPS) is 13.4. The first kappa shape index (κ1) is 54.5. The highest BCUT2D eigenvalue weighted by Gasteiger charge is 2.31. The maximum absolute atomic E-state index is 9.98. The molecule has 394 valence electrons. The van der Waals surface area contributed by atoms with Crippen LogP contribution in [-0.2, 0) is 10.8 Å². The third-order valence-corrected chi connectivity index (χ3v) is 14.4. The Bertz CT molecular complexity index is 3040. The van der Waals surface area contributed by atoms with E-state index >= 15 is 0 Å². The number of aromatic hydroxyl groups is 2. The van der Waals surface area contributed by atoms with Gasteiger partial charge >= 0.3 is 0 Å². The van der Waals surface area contributed by atoms with E-state index in [2.05, 4.69) is 117 Å². The molecule has 10 heteroatoms. The van der Waals surface area contributed by atoms with Crippen molar-refractivity contribution in [1.82, 2.24) is 19.9 Å². The van der Waals surface area contributed by atoms with Crippen molar-refractivity contribution in [2.75, 3.05) is 0 Å². The van der Waals surface area contributed by atoms with Crippen LogP contribution in [0.2, 0.25) is 0 Å². The van der Waals surface area contributed by atoms with Gasteiger partial charge in [-0.15, -0.1) is 0 Å². The van der Waals surface area contributed by atoms with E-state index < -0.39 is 0 Å². The molecule has 0 saturated heterocycles. The lowest BCUT2D eigenvalue weighted by atomic mass is 9.71. The van der Waals surface area contributed by atoms with Crippen LogP contribution in [0.15, 0.2) is 170 Å². The van der Waals surface area contributed by atoms with Crippen LogP contribution < -0.4 is 18.9 Å². The summed E-state index contributed by atoms with van der Waals surface area (Å²) in [4.78, 5) is 17.5. The molecule has 0 fully saturated rings. The summed E-state index contributed by atoms with van der Waals surface area (Å²) < 4.78 is 24.9. The minimum atomic E-state index is -0.309. The maximum Gasteiger partial charge on any atom is 0.226 e. The van der Waals surface area contributed by atoms with Crippen molar-refractivity contribution in [3.8, 4) is 58.0 Å². The van der Waals surface area contributed by atoms with Crippen molar-refractivity contribution in [3.63, 3.8) is 0 Å². The van der Waals surface area contributed by atoms with E-state index in [1.54, 1.807) is 36.4 Å². The second kappa shape index (κ2) is 25.7. The Morgan fingerprint density at radius 1 is 0.395 bits per heavy atom. The van der Waals surface area contributed by atoms with Gasteiger partial charge in [-0.2, -0.15) is 0 Å². The lowest BCUT2D eigenvalue weighted by Gasteiger charge is -2.33. The molecule has 0 radical (unpaired) electrons.